The Kier molecular flexibility index (Phi) is 6.12. The predicted octanol–water partition coefficient (Wildman–Crippen LogP) is 5.01. The minimum Gasteiger partial charge on any atom is -0.374 e. The van der Waals surface area contributed by atoms with Crippen LogP contribution in [0, 0.1) is 0 Å². The van der Waals surface area contributed by atoms with Gasteiger partial charge in [0.15, 0.2) is 0 Å². The van der Waals surface area contributed by atoms with E-state index < -0.39 is 0 Å². The van der Waals surface area contributed by atoms with E-state index in [0.29, 0.717) is 6.10 Å². The van der Waals surface area contributed by atoms with Gasteiger partial charge in [0, 0.05) is 6.61 Å². The first-order valence-corrected chi connectivity index (χ1v) is 7.77. The van der Waals surface area contributed by atoms with Crippen molar-refractivity contribution < 1.29 is 4.74 Å². The third-order valence-electron chi connectivity index (χ3n) is 4.17. The molecule has 0 radical (unpaired) electrons. The molecule has 0 amide bonds. The monoisotopic (exact) mass is 236 g/mol. The molecule has 0 N–H and O–H groups in total. The fraction of sp³-hybridized carbons (Fsp3) is 0.875. The topological polar surface area (TPSA) is 9.23 Å². The molecule has 0 aromatic carbocycles. The number of hydrogen-bond acceptors (Lipinski definition) is 1. The van der Waals surface area contributed by atoms with E-state index in [1.807, 2.05) is 0 Å². The Morgan fingerprint density at radius 1 is 0.824 bits per heavy atom. The third kappa shape index (κ3) is 4.83. The molecule has 1 saturated heterocycles. The van der Waals surface area contributed by atoms with Crippen LogP contribution in [-0.2, 0) is 4.74 Å². The summed E-state index contributed by atoms with van der Waals surface area (Å²) in [6, 6.07) is 0. The van der Waals surface area contributed by atoms with Crippen LogP contribution in [-0.4, -0.2) is 12.7 Å². The Hall–Kier alpha value is -0.300. The summed E-state index contributed by atoms with van der Waals surface area (Å²) in [5, 5.41) is 0. The van der Waals surface area contributed by atoms with Crippen LogP contribution in [0.5, 0.6) is 0 Å². The van der Waals surface area contributed by atoms with Crippen LogP contribution in [0.3, 0.4) is 0 Å². The Morgan fingerprint density at radius 3 is 2.35 bits per heavy atom. The smallest absolute Gasteiger partial charge is 0.0785 e. The molecule has 1 nitrogen and oxygen atoms in total. The molecule has 0 bridgehead atoms. The molecular formula is C16H28O. The van der Waals surface area contributed by atoms with Crippen molar-refractivity contribution in [3.8, 4) is 0 Å². The molecule has 0 aromatic heterocycles. The molecule has 1 heteroatoms. The molecule has 17 heavy (non-hydrogen) atoms. The van der Waals surface area contributed by atoms with Crippen molar-refractivity contribution in [2.45, 2.75) is 83.2 Å². The Morgan fingerprint density at radius 2 is 1.53 bits per heavy atom. The molecule has 1 aliphatic heterocycles. The average molecular weight is 236 g/mol. The maximum atomic E-state index is 5.95. The number of fused-ring (bicyclic) bond motifs is 1. The molecule has 1 heterocycles. The van der Waals surface area contributed by atoms with E-state index in [4.69, 9.17) is 4.74 Å². The normalized spacial score (nSPS) is 29.2. The van der Waals surface area contributed by atoms with Gasteiger partial charge in [0.2, 0.25) is 0 Å². The summed E-state index contributed by atoms with van der Waals surface area (Å²) in [4.78, 5) is 0. The van der Waals surface area contributed by atoms with Gasteiger partial charge in [-0.3, -0.25) is 0 Å². The summed E-state index contributed by atoms with van der Waals surface area (Å²) in [7, 11) is 0. The molecule has 0 saturated carbocycles. The van der Waals surface area contributed by atoms with Crippen molar-refractivity contribution >= 4 is 0 Å². The lowest BCUT2D eigenvalue weighted by Gasteiger charge is -2.26. The summed E-state index contributed by atoms with van der Waals surface area (Å²) in [5.74, 6) is 0. The van der Waals surface area contributed by atoms with E-state index in [0.717, 1.165) is 6.61 Å². The van der Waals surface area contributed by atoms with Crippen molar-refractivity contribution in [2.75, 3.05) is 6.61 Å². The zero-order valence-electron chi connectivity index (χ0n) is 11.3. The van der Waals surface area contributed by atoms with E-state index in [9.17, 15) is 0 Å². The second kappa shape index (κ2) is 7.92. The number of allylic oxidation sites excluding steroid dienone is 1. The van der Waals surface area contributed by atoms with E-state index in [-0.39, 0.29) is 0 Å². The first-order chi connectivity index (χ1) is 8.47. The maximum Gasteiger partial charge on any atom is 0.0785 e. The Labute approximate surface area is 107 Å². The van der Waals surface area contributed by atoms with E-state index in [1.165, 1.54) is 77.0 Å². The van der Waals surface area contributed by atoms with Crippen LogP contribution in [0.4, 0.5) is 0 Å². The molecule has 0 aromatic rings. The second-order valence-electron chi connectivity index (χ2n) is 5.65. The van der Waals surface area contributed by atoms with Gasteiger partial charge >= 0.3 is 0 Å². The number of hydrogen-bond donors (Lipinski definition) is 0. The van der Waals surface area contributed by atoms with Crippen molar-refractivity contribution in [3.05, 3.63) is 11.6 Å². The van der Waals surface area contributed by atoms with Gasteiger partial charge in [-0.25, -0.2) is 0 Å². The van der Waals surface area contributed by atoms with Crippen LogP contribution < -0.4 is 0 Å². The fourth-order valence-corrected chi connectivity index (χ4v) is 3.09. The predicted molar refractivity (Wildman–Crippen MR) is 73.2 cm³/mol. The summed E-state index contributed by atoms with van der Waals surface area (Å²) >= 11 is 0. The van der Waals surface area contributed by atoms with Gasteiger partial charge in [0.05, 0.1) is 6.10 Å². The second-order valence-corrected chi connectivity index (χ2v) is 5.65. The van der Waals surface area contributed by atoms with Gasteiger partial charge in [-0.15, -0.1) is 0 Å². The van der Waals surface area contributed by atoms with Crippen molar-refractivity contribution in [1.82, 2.24) is 0 Å². The lowest BCUT2D eigenvalue weighted by Crippen LogP contribution is -2.22. The maximum absolute atomic E-state index is 5.95. The summed E-state index contributed by atoms with van der Waals surface area (Å²) in [6.45, 7) is 0.988. The fourth-order valence-electron chi connectivity index (χ4n) is 3.09. The van der Waals surface area contributed by atoms with Crippen LogP contribution in [0.25, 0.3) is 0 Å². The van der Waals surface area contributed by atoms with Gasteiger partial charge in [0.1, 0.15) is 0 Å². The molecule has 2 rings (SSSR count). The first kappa shape index (κ1) is 13.1. The van der Waals surface area contributed by atoms with Crippen LogP contribution >= 0.6 is 0 Å². The van der Waals surface area contributed by atoms with Crippen molar-refractivity contribution in [2.24, 2.45) is 0 Å². The zero-order valence-corrected chi connectivity index (χ0v) is 11.3. The quantitative estimate of drug-likeness (QED) is 0.537. The number of ether oxygens (including phenoxy) is 1. The summed E-state index contributed by atoms with van der Waals surface area (Å²) < 4.78 is 5.95. The zero-order chi connectivity index (χ0) is 11.8. The molecule has 1 atom stereocenters. The Bertz CT molecular complexity index is 232. The largest absolute Gasteiger partial charge is 0.374 e. The van der Waals surface area contributed by atoms with Crippen LogP contribution in [0.15, 0.2) is 11.6 Å². The molecule has 2 aliphatic rings. The van der Waals surface area contributed by atoms with Gasteiger partial charge in [-0.05, 0) is 37.7 Å². The molecule has 1 unspecified atom stereocenters. The third-order valence-corrected chi connectivity index (χ3v) is 4.17. The first-order valence-electron chi connectivity index (χ1n) is 7.77. The van der Waals surface area contributed by atoms with Gasteiger partial charge in [-0.1, -0.05) is 51.0 Å². The van der Waals surface area contributed by atoms with E-state index in [1.54, 1.807) is 5.57 Å². The molecule has 1 aliphatic carbocycles. The highest BCUT2D eigenvalue weighted by molar-refractivity contribution is 5.10. The lowest BCUT2D eigenvalue weighted by atomic mass is 9.95. The highest BCUT2D eigenvalue weighted by atomic mass is 16.5. The van der Waals surface area contributed by atoms with E-state index in [2.05, 4.69) is 6.08 Å². The highest BCUT2D eigenvalue weighted by Crippen LogP contribution is 2.26. The van der Waals surface area contributed by atoms with Crippen molar-refractivity contribution in [1.29, 1.82) is 0 Å². The SMILES string of the molecule is C1=C2CCCOC2CCCCCCCCCC1. The molecule has 1 fully saturated rings. The van der Waals surface area contributed by atoms with Crippen molar-refractivity contribution in [3.63, 3.8) is 0 Å². The summed E-state index contributed by atoms with van der Waals surface area (Å²) in [5.41, 5.74) is 1.62. The average Bonchev–Trinajstić information content (AvgIpc) is 2.38. The minimum atomic E-state index is 0.476. The lowest BCUT2D eigenvalue weighted by molar-refractivity contribution is 0.0457. The molecule has 0 spiro atoms. The minimum absolute atomic E-state index is 0.476. The number of rotatable bonds is 0. The van der Waals surface area contributed by atoms with Crippen LogP contribution in [0.1, 0.15) is 77.0 Å². The van der Waals surface area contributed by atoms with Gasteiger partial charge < -0.3 is 4.74 Å². The van der Waals surface area contributed by atoms with E-state index >= 15 is 0 Å². The standard InChI is InChI=1S/C16H28O/c1-2-4-6-8-11-15-12-10-14-17-16(15)13-9-7-5-3-1/h11,16H,1-10,12-14H2. The van der Waals surface area contributed by atoms with Gasteiger partial charge in [0.25, 0.3) is 0 Å². The highest BCUT2D eigenvalue weighted by Gasteiger charge is 2.18. The molecule has 98 valence electrons. The van der Waals surface area contributed by atoms with Crippen LogP contribution in [0.2, 0.25) is 0 Å². The Balaban J connectivity index is 1.86. The molecular weight excluding hydrogens is 208 g/mol. The van der Waals surface area contributed by atoms with Gasteiger partial charge in [-0.2, -0.15) is 0 Å². The summed E-state index contributed by atoms with van der Waals surface area (Å²) in [6.07, 6.45) is 19.4.